The molecule has 0 spiro atoms. The van der Waals surface area contributed by atoms with Crippen LogP contribution in [0.15, 0.2) is 54.6 Å². The number of fused-ring (bicyclic) bond motifs is 3. The van der Waals surface area contributed by atoms with Gasteiger partial charge in [0.05, 0.1) is 6.61 Å². The zero-order valence-corrected chi connectivity index (χ0v) is 25.6. The van der Waals surface area contributed by atoms with Crippen LogP contribution in [0.2, 0.25) is 0 Å². The Morgan fingerprint density at radius 3 is 1.41 bits per heavy atom. The first-order valence-corrected chi connectivity index (χ1v) is 14.8. The van der Waals surface area contributed by atoms with E-state index in [0.29, 0.717) is 40.2 Å². The highest BCUT2D eigenvalue weighted by molar-refractivity contribution is 5.87. The van der Waals surface area contributed by atoms with Gasteiger partial charge in [-0.25, -0.2) is 14.4 Å². The smallest absolute Gasteiger partial charge is 0.412 e. The van der Waals surface area contributed by atoms with Crippen molar-refractivity contribution >= 4 is 35.3 Å². The average Bonchev–Trinajstić information content (AvgIpc) is 3.87. The number of aliphatic hydroxyl groups is 1. The Kier molecular flexibility index (Phi) is 8.88. The Bertz CT molecular complexity index is 1650. The van der Waals surface area contributed by atoms with Gasteiger partial charge in [-0.2, -0.15) is 0 Å². The number of ether oxygens (including phenoxy) is 11. The van der Waals surface area contributed by atoms with Crippen molar-refractivity contribution in [2.45, 2.75) is 30.7 Å². The number of rotatable bonds is 8. The lowest BCUT2D eigenvalue weighted by Gasteiger charge is -2.43. The van der Waals surface area contributed by atoms with Crippen LogP contribution < -0.4 is 44.4 Å². The van der Waals surface area contributed by atoms with E-state index in [1.54, 1.807) is 36.4 Å². The SMILES string of the molecule is CO[C@H]1O[C@H](CO)[C@@H](OC(=O)Nc2ccc3c(c2)OCO3)[C@H](OC(=O)Nc2ccc3c(c2)OCO3)[C@H]1OC(=O)Nc1ccc2c(c1)OCO2. The average molecular weight is 684 g/mol. The van der Waals surface area contributed by atoms with Gasteiger partial charge in [-0.05, 0) is 36.4 Å². The summed E-state index contributed by atoms with van der Waals surface area (Å²) in [5, 5.41) is 17.9. The fourth-order valence-corrected chi connectivity index (χ4v) is 5.35. The summed E-state index contributed by atoms with van der Waals surface area (Å²) in [6.45, 7) is -0.631. The molecule has 258 valence electrons. The third-order valence-electron chi connectivity index (χ3n) is 7.59. The van der Waals surface area contributed by atoms with Crippen LogP contribution in [0, 0.1) is 0 Å². The molecule has 1 fully saturated rings. The van der Waals surface area contributed by atoms with Gasteiger partial charge >= 0.3 is 18.3 Å². The zero-order chi connectivity index (χ0) is 33.9. The van der Waals surface area contributed by atoms with Crippen molar-refractivity contribution in [3.63, 3.8) is 0 Å². The first kappa shape index (κ1) is 31.7. The Balaban J connectivity index is 1.12. The van der Waals surface area contributed by atoms with Crippen molar-refractivity contribution in [3.05, 3.63) is 54.6 Å². The van der Waals surface area contributed by atoms with Gasteiger partial charge in [0.25, 0.3) is 0 Å². The molecule has 49 heavy (non-hydrogen) atoms. The molecule has 0 aliphatic carbocycles. The summed E-state index contributed by atoms with van der Waals surface area (Å²) < 4.78 is 60.3. The predicted octanol–water partition coefficient (Wildman–Crippen LogP) is 3.39. The maximum Gasteiger partial charge on any atom is 0.412 e. The number of anilines is 3. The van der Waals surface area contributed by atoms with Gasteiger partial charge in [0, 0.05) is 42.4 Å². The monoisotopic (exact) mass is 683 g/mol. The van der Waals surface area contributed by atoms with Crippen LogP contribution in [0.25, 0.3) is 0 Å². The van der Waals surface area contributed by atoms with Crippen molar-refractivity contribution < 1.29 is 71.6 Å². The summed E-state index contributed by atoms with van der Waals surface area (Å²) in [6.07, 6.45) is -10.4. The molecule has 3 aromatic rings. The minimum absolute atomic E-state index is 0.0208. The van der Waals surface area contributed by atoms with E-state index in [2.05, 4.69) is 16.0 Å². The number of hydrogen-bond donors (Lipinski definition) is 4. The molecule has 3 amide bonds. The second-order valence-electron chi connectivity index (χ2n) is 10.7. The second kappa shape index (κ2) is 13.7. The van der Waals surface area contributed by atoms with Crippen LogP contribution in [-0.2, 0) is 23.7 Å². The Labute approximate surface area is 276 Å². The van der Waals surface area contributed by atoms with Gasteiger partial charge in [-0.15, -0.1) is 0 Å². The minimum atomic E-state index is -1.59. The molecule has 4 aliphatic rings. The van der Waals surface area contributed by atoms with Crippen LogP contribution in [0.1, 0.15) is 0 Å². The lowest BCUT2D eigenvalue weighted by atomic mass is 9.98. The molecule has 0 saturated carbocycles. The standard InChI is InChI=1S/C31H29N3O15/c1-39-28-27(49-31(38)34-17-4-7-20-23(10-17)45-14-42-20)26(48-30(37)33-16-3-6-19-22(9-16)44-13-41-19)25(24(11-35)46-28)47-29(36)32-15-2-5-18-21(8-15)43-12-40-18/h2-10,24-28,35H,11-14H2,1H3,(H,32,36)(H,33,37)(H,34,38)/t24-,25-,26+,27-,28+/m1/s1. The molecular weight excluding hydrogens is 654 g/mol. The van der Waals surface area contributed by atoms with E-state index in [9.17, 15) is 19.5 Å². The fraction of sp³-hybridized carbons (Fsp3) is 0.323. The van der Waals surface area contributed by atoms with Crippen molar-refractivity contribution in [2.24, 2.45) is 0 Å². The van der Waals surface area contributed by atoms with Gasteiger partial charge in [0.15, 0.2) is 59.1 Å². The van der Waals surface area contributed by atoms with Gasteiger partial charge in [0.1, 0.15) is 6.10 Å². The number of carbonyl (C=O) groups is 3. The van der Waals surface area contributed by atoms with Gasteiger partial charge in [-0.3, -0.25) is 16.0 Å². The van der Waals surface area contributed by atoms with E-state index in [4.69, 9.17) is 52.1 Å². The molecule has 4 N–H and O–H groups in total. The number of nitrogens with one attached hydrogen (secondary N) is 3. The lowest BCUT2D eigenvalue weighted by Crippen LogP contribution is -2.63. The van der Waals surface area contributed by atoms with Crippen LogP contribution >= 0.6 is 0 Å². The summed E-state index contributed by atoms with van der Waals surface area (Å²) in [5.74, 6) is 2.68. The quantitative estimate of drug-likeness (QED) is 0.251. The Morgan fingerprint density at radius 2 is 1.00 bits per heavy atom. The predicted molar refractivity (Wildman–Crippen MR) is 162 cm³/mol. The molecule has 0 radical (unpaired) electrons. The maximum absolute atomic E-state index is 13.3. The third kappa shape index (κ3) is 6.91. The van der Waals surface area contributed by atoms with E-state index in [0.717, 1.165) is 0 Å². The molecule has 18 heteroatoms. The Hall–Kier alpha value is -5.85. The van der Waals surface area contributed by atoms with E-state index >= 15 is 0 Å². The van der Waals surface area contributed by atoms with Crippen LogP contribution in [0.5, 0.6) is 34.5 Å². The molecule has 0 bridgehead atoms. The summed E-state index contributed by atoms with van der Waals surface area (Å²) in [6, 6.07) is 14.0. The van der Waals surface area contributed by atoms with Crippen molar-refractivity contribution in [1.29, 1.82) is 0 Å². The van der Waals surface area contributed by atoms with Crippen LogP contribution in [0.3, 0.4) is 0 Å². The maximum atomic E-state index is 13.3. The van der Waals surface area contributed by atoms with Crippen molar-refractivity contribution in [1.82, 2.24) is 0 Å². The second-order valence-corrected chi connectivity index (χ2v) is 10.7. The first-order valence-electron chi connectivity index (χ1n) is 14.8. The summed E-state index contributed by atoms with van der Waals surface area (Å²) in [4.78, 5) is 39.7. The normalized spacial score (nSPS) is 22.5. The third-order valence-corrected chi connectivity index (χ3v) is 7.59. The number of amides is 3. The highest BCUT2D eigenvalue weighted by Gasteiger charge is 2.53. The molecule has 0 unspecified atom stereocenters. The van der Waals surface area contributed by atoms with Gasteiger partial charge in [-0.1, -0.05) is 0 Å². The number of aliphatic hydroxyl groups excluding tert-OH is 1. The van der Waals surface area contributed by atoms with Gasteiger partial charge in [0.2, 0.25) is 20.4 Å². The number of hydrogen-bond acceptors (Lipinski definition) is 15. The molecule has 1 saturated heterocycles. The molecule has 5 atom stereocenters. The van der Waals surface area contributed by atoms with Crippen LogP contribution in [-0.4, -0.2) is 88.2 Å². The topological polar surface area (TPSA) is 209 Å². The molecule has 18 nitrogen and oxygen atoms in total. The molecule has 0 aromatic heterocycles. The minimum Gasteiger partial charge on any atom is -0.454 e. The molecule has 3 aromatic carbocycles. The number of methoxy groups -OCH3 is 1. The summed E-state index contributed by atoms with van der Waals surface area (Å²) >= 11 is 0. The van der Waals surface area contributed by atoms with Crippen LogP contribution in [0.4, 0.5) is 31.4 Å². The summed E-state index contributed by atoms with van der Waals surface area (Å²) in [5.41, 5.74) is 0.858. The van der Waals surface area contributed by atoms with Crippen molar-refractivity contribution in [2.75, 3.05) is 50.0 Å². The molecule has 4 aliphatic heterocycles. The highest BCUT2D eigenvalue weighted by atomic mass is 16.7. The number of carbonyl (C=O) groups excluding carboxylic acids is 3. The molecule has 4 heterocycles. The van der Waals surface area contributed by atoms with E-state index in [1.807, 2.05) is 0 Å². The number of benzene rings is 3. The van der Waals surface area contributed by atoms with E-state index in [-0.39, 0.29) is 31.8 Å². The highest BCUT2D eigenvalue weighted by Crippen LogP contribution is 2.37. The fourth-order valence-electron chi connectivity index (χ4n) is 5.35. The van der Waals surface area contributed by atoms with E-state index in [1.165, 1.54) is 25.3 Å². The largest absolute Gasteiger partial charge is 0.454 e. The summed E-state index contributed by atoms with van der Waals surface area (Å²) in [7, 11) is 1.25. The lowest BCUT2D eigenvalue weighted by molar-refractivity contribution is -0.290. The molecule has 7 rings (SSSR count). The van der Waals surface area contributed by atoms with Gasteiger partial charge < -0.3 is 57.2 Å². The first-order chi connectivity index (χ1) is 23.9. The van der Waals surface area contributed by atoms with Crippen molar-refractivity contribution in [3.8, 4) is 34.5 Å². The molecular formula is C31H29N3O15. The Morgan fingerprint density at radius 1 is 0.612 bits per heavy atom. The van der Waals surface area contributed by atoms with E-state index < -0.39 is 55.6 Å². The zero-order valence-electron chi connectivity index (χ0n) is 25.6.